The van der Waals surface area contributed by atoms with Crippen molar-refractivity contribution in [3.05, 3.63) is 18.3 Å². The van der Waals surface area contributed by atoms with Gasteiger partial charge in [0.2, 0.25) is 10.0 Å². The second-order valence-electron chi connectivity index (χ2n) is 4.98. The first-order chi connectivity index (χ1) is 8.43. The predicted octanol–water partition coefficient (Wildman–Crippen LogP) is 1.47. The van der Waals surface area contributed by atoms with Crippen LogP contribution in [-0.2, 0) is 10.0 Å². The van der Waals surface area contributed by atoms with Gasteiger partial charge in [-0.25, -0.2) is 13.4 Å². The molecule has 0 amide bonds. The Balaban J connectivity index is 2.35. The number of nitrogens with zero attached hydrogens (tertiary/aromatic N) is 2. The van der Waals surface area contributed by atoms with Crippen LogP contribution >= 0.6 is 0 Å². The zero-order valence-electron chi connectivity index (χ0n) is 10.7. The minimum Gasteiger partial charge on any atom is -0.383 e. The van der Waals surface area contributed by atoms with Crippen LogP contribution in [0.25, 0.3) is 0 Å². The largest absolute Gasteiger partial charge is 0.383 e. The molecule has 0 spiro atoms. The Morgan fingerprint density at radius 1 is 1.44 bits per heavy atom. The van der Waals surface area contributed by atoms with Crippen molar-refractivity contribution in [2.45, 2.75) is 37.6 Å². The third kappa shape index (κ3) is 2.35. The lowest BCUT2D eigenvalue weighted by molar-refractivity contribution is 0.220. The fourth-order valence-electron chi connectivity index (χ4n) is 2.49. The summed E-state index contributed by atoms with van der Waals surface area (Å²) < 4.78 is 26.6. The van der Waals surface area contributed by atoms with Crippen LogP contribution in [0, 0.1) is 5.92 Å². The van der Waals surface area contributed by atoms with Gasteiger partial charge in [0.25, 0.3) is 0 Å². The van der Waals surface area contributed by atoms with Crippen LogP contribution < -0.4 is 5.73 Å². The first kappa shape index (κ1) is 13.3. The topological polar surface area (TPSA) is 76.3 Å². The van der Waals surface area contributed by atoms with Crippen LogP contribution in [0.5, 0.6) is 0 Å². The number of aromatic nitrogens is 1. The normalized spacial score (nSPS) is 26.1. The molecule has 1 aliphatic heterocycles. The van der Waals surface area contributed by atoms with E-state index in [0.29, 0.717) is 12.5 Å². The second-order valence-corrected chi connectivity index (χ2v) is 6.84. The number of sulfonamides is 1. The SMILES string of the molecule is CC1CCN(S(=O)(=O)c2cccnc2N)C(C)C1. The van der Waals surface area contributed by atoms with E-state index >= 15 is 0 Å². The van der Waals surface area contributed by atoms with Gasteiger partial charge < -0.3 is 5.73 Å². The van der Waals surface area contributed by atoms with Gasteiger partial charge in [0.15, 0.2) is 0 Å². The van der Waals surface area contributed by atoms with Crippen LogP contribution in [0.2, 0.25) is 0 Å². The number of hydrogen-bond acceptors (Lipinski definition) is 4. The Morgan fingerprint density at radius 3 is 2.78 bits per heavy atom. The lowest BCUT2D eigenvalue weighted by atomic mass is 9.95. The summed E-state index contributed by atoms with van der Waals surface area (Å²) in [6.45, 7) is 4.65. The maximum Gasteiger partial charge on any atom is 0.246 e. The fourth-order valence-corrected chi connectivity index (χ4v) is 4.22. The van der Waals surface area contributed by atoms with E-state index in [9.17, 15) is 8.42 Å². The average Bonchev–Trinajstić information content (AvgIpc) is 2.28. The summed E-state index contributed by atoms with van der Waals surface area (Å²) in [6, 6.07) is 3.13. The summed E-state index contributed by atoms with van der Waals surface area (Å²) in [5, 5.41) is 0. The monoisotopic (exact) mass is 269 g/mol. The highest BCUT2D eigenvalue weighted by atomic mass is 32.2. The number of rotatable bonds is 2. The van der Waals surface area contributed by atoms with Gasteiger partial charge >= 0.3 is 0 Å². The zero-order chi connectivity index (χ0) is 13.3. The summed E-state index contributed by atoms with van der Waals surface area (Å²) >= 11 is 0. The Hall–Kier alpha value is -1.14. The molecule has 2 N–H and O–H groups in total. The molecule has 1 aromatic rings. The van der Waals surface area contributed by atoms with Gasteiger partial charge in [-0.15, -0.1) is 0 Å². The van der Waals surface area contributed by atoms with E-state index in [-0.39, 0.29) is 16.8 Å². The Kier molecular flexibility index (Phi) is 3.59. The highest BCUT2D eigenvalue weighted by Crippen LogP contribution is 2.29. The molecule has 0 aliphatic carbocycles. The van der Waals surface area contributed by atoms with E-state index in [2.05, 4.69) is 11.9 Å². The van der Waals surface area contributed by atoms with Crippen LogP contribution in [0.1, 0.15) is 26.7 Å². The van der Waals surface area contributed by atoms with Crippen molar-refractivity contribution >= 4 is 15.8 Å². The molecule has 5 nitrogen and oxygen atoms in total. The molecule has 2 heterocycles. The van der Waals surface area contributed by atoms with E-state index < -0.39 is 10.0 Å². The van der Waals surface area contributed by atoms with E-state index in [1.165, 1.54) is 12.3 Å². The molecule has 0 saturated carbocycles. The minimum atomic E-state index is -3.52. The van der Waals surface area contributed by atoms with Crippen LogP contribution in [0.3, 0.4) is 0 Å². The fraction of sp³-hybridized carbons (Fsp3) is 0.583. The molecule has 1 aliphatic rings. The molecule has 0 radical (unpaired) electrons. The van der Waals surface area contributed by atoms with Crippen molar-refractivity contribution in [2.24, 2.45) is 5.92 Å². The maximum absolute atomic E-state index is 12.5. The van der Waals surface area contributed by atoms with Gasteiger partial charge in [0.05, 0.1) is 0 Å². The van der Waals surface area contributed by atoms with E-state index in [1.807, 2.05) is 6.92 Å². The number of pyridine rings is 1. The summed E-state index contributed by atoms with van der Waals surface area (Å²) in [5.74, 6) is 0.640. The van der Waals surface area contributed by atoms with Gasteiger partial charge in [-0.2, -0.15) is 4.31 Å². The van der Waals surface area contributed by atoms with E-state index in [1.54, 1.807) is 10.4 Å². The van der Waals surface area contributed by atoms with Crippen molar-refractivity contribution < 1.29 is 8.42 Å². The number of nitrogens with two attached hydrogens (primary N) is 1. The molecule has 2 rings (SSSR count). The maximum atomic E-state index is 12.5. The van der Waals surface area contributed by atoms with Crippen LogP contribution in [0.15, 0.2) is 23.2 Å². The Bertz CT molecular complexity index is 530. The average molecular weight is 269 g/mol. The molecule has 1 saturated heterocycles. The molecule has 18 heavy (non-hydrogen) atoms. The molecular weight excluding hydrogens is 250 g/mol. The lowest BCUT2D eigenvalue weighted by Gasteiger charge is -2.35. The zero-order valence-corrected chi connectivity index (χ0v) is 11.5. The highest BCUT2D eigenvalue weighted by Gasteiger charge is 2.34. The molecule has 2 unspecified atom stereocenters. The molecule has 1 aromatic heterocycles. The van der Waals surface area contributed by atoms with Crippen molar-refractivity contribution in [1.82, 2.24) is 9.29 Å². The summed E-state index contributed by atoms with van der Waals surface area (Å²) in [5.41, 5.74) is 5.67. The van der Waals surface area contributed by atoms with Crippen molar-refractivity contribution in [2.75, 3.05) is 12.3 Å². The summed E-state index contributed by atoms with van der Waals surface area (Å²) in [6.07, 6.45) is 3.28. The number of nitrogen functional groups attached to an aromatic ring is 1. The number of piperidine rings is 1. The van der Waals surface area contributed by atoms with Gasteiger partial charge in [0, 0.05) is 18.8 Å². The second kappa shape index (κ2) is 4.85. The predicted molar refractivity (Wildman–Crippen MR) is 70.4 cm³/mol. The first-order valence-corrected chi connectivity index (χ1v) is 7.59. The molecule has 2 atom stereocenters. The summed E-state index contributed by atoms with van der Waals surface area (Å²) in [7, 11) is -3.52. The van der Waals surface area contributed by atoms with Gasteiger partial charge in [-0.1, -0.05) is 6.92 Å². The smallest absolute Gasteiger partial charge is 0.246 e. The van der Waals surface area contributed by atoms with Crippen LogP contribution in [0.4, 0.5) is 5.82 Å². The van der Waals surface area contributed by atoms with Crippen LogP contribution in [-0.4, -0.2) is 30.3 Å². The van der Waals surface area contributed by atoms with Crippen molar-refractivity contribution in [3.63, 3.8) is 0 Å². The molecule has 0 aromatic carbocycles. The minimum absolute atomic E-state index is 0.0124. The third-order valence-electron chi connectivity index (χ3n) is 3.46. The highest BCUT2D eigenvalue weighted by molar-refractivity contribution is 7.89. The van der Waals surface area contributed by atoms with Gasteiger partial charge in [-0.05, 0) is 37.8 Å². The van der Waals surface area contributed by atoms with E-state index in [0.717, 1.165) is 12.8 Å². The molecule has 1 fully saturated rings. The summed E-state index contributed by atoms with van der Waals surface area (Å²) in [4.78, 5) is 3.97. The van der Waals surface area contributed by atoms with Gasteiger partial charge in [0.1, 0.15) is 10.7 Å². The quantitative estimate of drug-likeness (QED) is 0.882. The molecule has 0 bridgehead atoms. The Labute approximate surface area is 108 Å². The number of anilines is 1. The molecular formula is C12H19N3O2S. The van der Waals surface area contributed by atoms with Crippen molar-refractivity contribution in [1.29, 1.82) is 0 Å². The first-order valence-electron chi connectivity index (χ1n) is 6.15. The molecule has 6 heteroatoms. The van der Waals surface area contributed by atoms with Crippen molar-refractivity contribution in [3.8, 4) is 0 Å². The molecule has 100 valence electrons. The Morgan fingerprint density at radius 2 is 2.17 bits per heavy atom. The van der Waals surface area contributed by atoms with E-state index in [4.69, 9.17) is 5.73 Å². The number of hydrogen-bond donors (Lipinski definition) is 1. The standard InChI is InChI=1S/C12H19N3O2S/c1-9-5-7-15(10(2)8-9)18(16,17)11-4-3-6-14-12(11)13/h3-4,6,9-10H,5,7-8H2,1-2H3,(H2,13,14). The third-order valence-corrected chi connectivity index (χ3v) is 5.52. The van der Waals surface area contributed by atoms with Gasteiger partial charge in [-0.3, -0.25) is 0 Å². The lowest BCUT2D eigenvalue weighted by Crippen LogP contribution is -2.44.